The third kappa shape index (κ3) is 5.18. The summed E-state index contributed by atoms with van der Waals surface area (Å²) < 4.78 is 5.48. The van der Waals surface area contributed by atoms with Gasteiger partial charge in [0.25, 0.3) is 5.91 Å². The van der Waals surface area contributed by atoms with Crippen LogP contribution in [0.25, 0.3) is 0 Å². The molecule has 0 atom stereocenters. The molecule has 0 fully saturated rings. The van der Waals surface area contributed by atoms with E-state index in [0.717, 1.165) is 12.3 Å². The number of benzene rings is 1. The molecule has 0 aliphatic heterocycles. The van der Waals surface area contributed by atoms with Gasteiger partial charge in [-0.05, 0) is 24.1 Å². The molecule has 1 aromatic carbocycles. The smallest absolute Gasteiger partial charge is 0.253 e. The Kier molecular flexibility index (Phi) is 6.15. The number of carbonyl (C=O) groups is 1. The van der Waals surface area contributed by atoms with Gasteiger partial charge in [-0.25, -0.2) is 0 Å². The maximum atomic E-state index is 11.7. The van der Waals surface area contributed by atoms with Crippen molar-refractivity contribution < 1.29 is 9.53 Å². The van der Waals surface area contributed by atoms with E-state index in [1.54, 1.807) is 25.2 Å². The summed E-state index contributed by atoms with van der Waals surface area (Å²) in [5, 5.41) is 5.78. The van der Waals surface area contributed by atoms with E-state index < -0.39 is 0 Å². The maximum Gasteiger partial charge on any atom is 0.253 e. The van der Waals surface area contributed by atoms with E-state index in [1.807, 2.05) is 0 Å². The molecule has 0 heterocycles. The minimum Gasteiger partial charge on any atom is -0.399 e. The first-order valence-corrected chi connectivity index (χ1v) is 6.47. The van der Waals surface area contributed by atoms with Crippen molar-refractivity contribution in [1.82, 2.24) is 5.32 Å². The fourth-order valence-corrected chi connectivity index (χ4v) is 1.62. The van der Waals surface area contributed by atoms with Gasteiger partial charge in [0.05, 0.1) is 12.2 Å². The van der Waals surface area contributed by atoms with E-state index in [4.69, 9.17) is 10.5 Å². The van der Waals surface area contributed by atoms with Gasteiger partial charge in [0, 0.05) is 31.6 Å². The van der Waals surface area contributed by atoms with Crippen LogP contribution in [-0.4, -0.2) is 32.7 Å². The second kappa shape index (κ2) is 7.63. The number of anilines is 2. The number of ether oxygens (including phenoxy) is 1. The second-order valence-electron chi connectivity index (χ2n) is 4.78. The van der Waals surface area contributed by atoms with Gasteiger partial charge in [-0.2, -0.15) is 0 Å². The van der Waals surface area contributed by atoms with Crippen LogP contribution in [0.5, 0.6) is 0 Å². The van der Waals surface area contributed by atoms with Crippen molar-refractivity contribution in [3.8, 4) is 0 Å². The molecule has 0 aromatic heterocycles. The molecule has 19 heavy (non-hydrogen) atoms. The number of nitrogens with one attached hydrogen (secondary N) is 2. The Morgan fingerprint density at radius 2 is 2.16 bits per heavy atom. The Bertz CT molecular complexity index is 419. The van der Waals surface area contributed by atoms with Crippen molar-refractivity contribution in [3.63, 3.8) is 0 Å². The molecule has 1 rings (SSSR count). The number of hydrogen-bond acceptors (Lipinski definition) is 4. The number of nitrogen functional groups attached to an aromatic ring is 1. The van der Waals surface area contributed by atoms with Crippen LogP contribution in [0.1, 0.15) is 24.2 Å². The highest BCUT2D eigenvalue weighted by molar-refractivity contribution is 6.00. The number of amides is 1. The summed E-state index contributed by atoms with van der Waals surface area (Å²) >= 11 is 0. The van der Waals surface area contributed by atoms with Crippen LogP contribution in [0.2, 0.25) is 0 Å². The monoisotopic (exact) mass is 265 g/mol. The molecule has 4 N–H and O–H groups in total. The summed E-state index contributed by atoms with van der Waals surface area (Å²) in [6, 6.07) is 5.18. The predicted molar refractivity (Wildman–Crippen MR) is 78.4 cm³/mol. The van der Waals surface area contributed by atoms with E-state index in [9.17, 15) is 4.79 Å². The molecule has 0 unspecified atom stereocenters. The SMILES string of the molecule is CNC(=O)c1ccc(N)cc1NCCOCC(C)C. The zero-order valence-corrected chi connectivity index (χ0v) is 11.8. The highest BCUT2D eigenvalue weighted by atomic mass is 16.5. The zero-order chi connectivity index (χ0) is 14.3. The largest absolute Gasteiger partial charge is 0.399 e. The number of carbonyl (C=O) groups excluding carboxylic acids is 1. The molecule has 0 saturated carbocycles. The summed E-state index contributed by atoms with van der Waals surface area (Å²) in [4.78, 5) is 11.7. The molecular formula is C14H23N3O2. The molecule has 0 radical (unpaired) electrons. The fourth-order valence-electron chi connectivity index (χ4n) is 1.62. The lowest BCUT2D eigenvalue weighted by atomic mass is 10.1. The first kappa shape index (κ1) is 15.3. The van der Waals surface area contributed by atoms with Crippen LogP contribution in [0.4, 0.5) is 11.4 Å². The Morgan fingerprint density at radius 3 is 2.79 bits per heavy atom. The molecule has 1 amide bonds. The van der Waals surface area contributed by atoms with Crippen molar-refractivity contribution in [2.75, 3.05) is 37.9 Å². The lowest BCUT2D eigenvalue weighted by molar-refractivity contribution is 0.0963. The molecule has 5 heteroatoms. The summed E-state index contributed by atoms with van der Waals surface area (Å²) in [7, 11) is 1.61. The summed E-state index contributed by atoms with van der Waals surface area (Å²) in [6.07, 6.45) is 0. The quantitative estimate of drug-likeness (QED) is 0.518. The molecule has 106 valence electrons. The average Bonchev–Trinajstić information content (AvgIpc) is 2.37. The normalized spacial score (nSPS) is 10.5. The summed E-state index contributed by atoms with van der Waals surface area (Å²) in [5.74, 6) is 0.388. The number of nitrogens with two attached hydrogens (primary N) is 1. The van der Waals surface area contributed by atoms with Gasteiger partial charge in [-0.1, -0.05) is 13.8 Å². The van der Waals surface area contributed by atoms with E-state index in [2.05, 4.69) is 24.5 Å². The van der Waals surface area contributed by atoms with Gasteiger partial charge in [-0.15, -0.1) is 0 Å². The van der Waals surface area contributed by atoms with Gasteiger partial charge in [0.15, 0.2) is 0 Å². The molecule has 0 aliphatic rings. The van der Waals surface area contributed by atoms with E-state index in [1.165, 1.54) is 0 Å². The zero-order valence-electron chi connectivity index (χ0n) is 11.8. The van der Waals surface area contributed by atoms with Gasteiger partial charge in [0.1, 0.15) is 0 Å². The van der Waals surface area contributed by atoms with Crippen molar-refractivity contribution in [2.45, 2.75) is 13.8 Å². The highest BCUT2D eigenvalue weighted by Gasteiger charge is 2.09. The topological polar surface area (TPSA) is 76.4 Å². The van der Waals surface area contributed by atoms with Crippen LogP contribution in [0.15, 0.2) is 18.2 Å². The fraction of sp³-hybridized carbons (Fsp3) is 0.500. The van der Waals surface area contributed by atoms with E-state index >= 15 is 0 Å². The summed E-state index contributed by atoms with van der Waals surface area (Å²) in [6.45, 7) is 6.19. The Labute approximate surface area is 114 Å². The number of hydrogen-bond donors (Lipinski definition) is 3. The van der Waals surface area contributed by atoms with Crippen LogP contribution in [0, 0.1) is 5.92 Å². The third-order valence-corrected chi connectivity index (χ3v) is 2.53. The Morgan fingerprint density at radius 1 is 1.42 bits per heavy atom. The summed E-state index contributed by atoms with van der Waals surface area (Å²) in [5.41, 5.74) is 7.67. The van der Waals surface area contributed by atoms with Gasteiger partial charge in [-0.3, -0.25) is 4.79 Å². The maximum absolute atomic E-state index is 11.7. The lowest BCUT2D eigenvalue weighted by Gasteiger charge is -2.13. The van der Waals surface area contributed by atoms with Crippen molar-refractivity contribution >= 4 is 17.3 Å². The van der Waals surface area contributed by atoms with Gasteiger partial charge < -0.3 is 21.1 Å². The molecule has 1 aromatic rings. The van der Waals surface area contributed by atoms with Crippen LogP contribution in [0.3, 0.4) is 0 Å². The lowest BCUT2D eigenvalue weighted by Crippen LogP contribution is -2.21. The molecule has 0 bridgehead atoms. The molecule has 0 saturated heterocycles. The highest BCUT2D eigenvalue weighted by Crippen LogP contribution is 2.18. The van der Waals surface area contributed by atoms with Crippen molar-refractivity contribution in [3.05, 3.63) is 23.8 Å². The van der Waals surface area contributed by atoms with Crippen LogP contribution < -0.4 is 16.4 Å². The molecule has 0 aliphatic carbocycles. The molecule has 5 nitrogen and oxygen atoms in total. The first-order chi connectivity index (χ1) is 9.04. The average molecular weight is 265 g/mol. The Balaban J connectivity index is 2.56. The van der Waals surface area contributed by atoms with Gasteiger partial charge >= 0.3 is 0 Å². The first-order valence-electron chi connectivity index (χ1n) is 6.47. The van der Waals surface area contributed by atoms with Gasteiger partial charge in [0.2, 0.25) is 0 Å². The molecular weight excluding hydrogens is 242 g/mol. The van der Waals surface area contributed by atoms with Crippen molar-refractivity contribution in [1.29, 1.82) is 0 Å². The number of rotatable bonds is 7. The minimum absolute atomic E-state index is 0.134. The van der Waals surface area contributed by atoms with Crippen LogP contribution in [-0.2, 0) is 4.74 Å². The minimum atomic E-state index is -0.134. The predicted octanol–water partition coefficient (Wildman–Crippen LogP) is 1.71. The van der Waals surface area contributed by atoms with Crippen LogP contribution >= 0.6 is 0 Å². The van der Waals surface area contributed by atoms with Crippen molar-refractivity contribution in [2.24, 2.45) is 5.92 Å². The third-order valence-electron chi connectivity index (χ3n) is 2.53. The standard InChI is InChI=1S/C14H23N3O2/c1-10(2)9-19-7-6-17-13-8-11(15)4-5-12(13)14(18)16-3/h4-5,8,10,17H,6-7,9,15H2,1-3H3,(H,16,18). The Hall–Kier alpha value is -1.75. The molecule has 0 spiro atoms. The second-order valence-corrected chi connectivity index (χ2v) is 4.78. The van der Waals surface area contributed by atoms with E-state index in [0.29, 0.717) is 30.3 Å². The van der Waals surface area contributed by atoms with E-state index in [-0.39, 0.29) is 5.91 Å².